The van der Waals surface area contributed by atoms with E-state index < -0.39 is 16.8 Å². The molecule has 1 aromatic heterocycles. The number of aryl methyl sites for hydroxylation is 1. The van der Waals surface area contributed by atoms with Crippen molar-refractivity contribution in [3.63, 3.8) is 0 Å². The number of rotatable bonds is 8. The smallest absolute Gasteiger partial charge is 0.304 e. The molecule has 41 heavy (non-hydrogen) atoms. The second-order valence-electron chi connectivity index (χ2n) is 10.1. The van der Waals surface area contributed by atoms with Crippen LogP contribution < -0.4 is 4.74 Å². The Hall–Kier alpha value is -3.93. The van der Waals surface area contributed by atoms with E-state index in [-0.39, 0.29) is 18.2 Å². The molecule has 0 radical (unpaired) electrons. The molecule has 6 nitrogen and oxygen atoms in total. The van der Waals surface area contributed by atoms with Gasteiger partial charge in [0, 0.05) is 56.6 Å². The van der Waals surface area contributed by atoms with Crippen LogP contribution in [0.4, 0.5) is 0 Å². The first-order chi connectivity index (χ1) is 19.8. The van der Waals surface area contributed by atoms with Crippen molar-refractivity contribution in [3.8, 4) is 28.7 Å². The van der Waals surface area contributed by atoms with Crippen molar-refractivity contribution in [2.24, 2.45) is 0 Å². The lowest BCUT2D eigenvalue weighted by molar-refractivity contribution is -0.137. The van der Waals surface area contributed by atoms with Crippen LogP contribution in [0, 0.1) is 18.8 Å². The van der Waals surface area contributed by atoms with Gasteiger partial charge in [0.1, 0.15) is 12.4 Å². The van der Waals surface area contributed by atoms with Gasteiger partial charge in [-0.15, -0.1) is 17.3 Å². The minimum absolute atomic E-state index is 0.00491. The Kier molecular flexibility index (Phi) is 8.87. The summed E-state index contributed by atoms with van der Waals surface area (Å²) in [5.41, 5.74) is 5.80. The molecule has 1 atom stereocenters. The fourth-order valence-electron chi connectivity index (χ4n) is 5.06. The molecule has 8 heteroatoms. The van der Waals surface area contributed by atoms with E-state index in [1.54, 1.807) is 23.2 Å². The van der Waals surface area contributed by atoms with E-state index in [1.165, 1.54) is 4.70 Å². The molecule has 4 aromatic rings. The number of carboxylic acid groups (broad SMARTS) is 1. The Labute approximate surface area is 246 Å². The Morgan fingerprint density at radius 3 is 2.49 bits per heavy atom. The van der Waals surface area contributed by atoms with Crippen LogP contribution in [0.2, 0.25) is 0 Å². The van der Waals surface area contributed by atoms with E-state index >= 15 is 0 Å². The first kappa shape index (κ1) is 28.6. The minimum Gasteiger partial charge on any atom is -0.489 e. The molecule has 2 heterocycles. The predicted octanol–water partition coefficient (Wildman–Crippen LogP) is 6.24. The van der Waals surface area contributed by atoms with Gasteiger partial charge < -0.3 is 14.7 Å². The number of carbonyl (C=O) groups excluding carboxylic acids is 1. The van der Waals surface area contributed by atoms with Crippen molar-refractivity contribution in [2.45, 2.75) is 32.8 Å². The van der Waals surface area contributed by atoms with Gasteiger partial charge in [-0.25, -0.2) is 0 Å². The molecule has 1 aliphatic heterocycles. The van der Waals surface area contributed by atoms with Crippen LogP contribution in [-0.4, -0.2) is 50.7 Å². The molecule has 1 saturated heterocycles. The molecule has 1 N–H and O–H groups in total. The number of amides is 1. The second-order valence-corrected chi connectivity index (χ2v) is 12.7. The molecule has 0 aliphatic carbocycles. The Morgan fingerprint density at radius 2 is 1.80 bits per heavy atom. The van der Waals surface area contributed by atoms with Crippen LogP contribution in [0.1, 0.15) is 46.3 Å². The molecule has 1 unspecified atom stereocenters. The SMILES string of the molecule is CC#CC(CC(=O)O)c1ccc(OCc2ccc3scc(-c4ccc(C(=O)N5CCS(=O)CC5)cc4C)c3c2)cc1. The molecule has 1 fully saturated rings. The molecule has 0 saturated carbocycles. The van der Waals surface area contributed by atoms with Crippen LogP contribution in [0.3, 0.4) is 0 Å². The molecule has 5 rings (SSSR count). The Bertz CT molecular complexity index is 1670. The van der Waals surface area contributed by atoms with E-state index in [1.807, 2.05) is 49.4 Å². The van der Waals surface area contributed by atoms with Gasteiger partial charge in [0.15, 0.2) is 0 Å². The number of fused-ring (bicyclic) bond motifs is 1. The zero-order valence-corrected chi connectivity index (χ0v) is 24.6. The summed E-state index contributed by atoms with van der Waals surface area (Å²) in [5, 5.41) is 12.5. The summed E-state index contributed by atoms with van der Waals surface area (Å²) in [5.74, 6) is 6.35. The first-order valence-electron chi connectivity index (χ1n) is 13.4. The first-order valence-corrected chi connectivity index (χ1v) is 15.8. The van der Waals surface area contributed by atoms with Gasteiger partial charge in [0.25, 0.3) is 5.91 Å². The predicted molar refractivity (Wildman–Crippen MR) is 165 cm³/mol. The third-order valence-electron chi connectivity index (χ3n) is 7.25. The molecule has 0 spiro atoms. The minimum atomic E-state index is -0.877. The van der Waals surface area contributed by atoms with Gasteiger partial charge >= 0.3 is 5.97 Å². The van der Waals surface area contributed by atoms with Crippen LogP contribution in [-0.2, 0) is 22.2 Å². The summed E-state index contributed by atoms with van der Waals surface area (Å²) < 4.78 is 18.9. The van der Waals surface area contributed by atoms with E-state index in [9.17, 15) is 18.9 Å². The van der Waals surface area contributed by atoms with E-state index in [2.05, 4.69) is 35.4 Å². The molecular formula is C33H31NO5S2. The lowest BCUT2D eigenvalue weighted by Crippen LogP contribution is -2.41. The Morgan fingerprint density at radius 1 is 1.05 bits per heavy atom. The maximum absolute atomic E-state index is 13.0. The number of aliphatic carboxylic acids is 1. The standard InChI is InChI=1S/C33H31NO5S2/c1-3-4-25(19-32(35)36)24-6-9-27(10-7-24)39-20-23-5-12-31-29(18-23)30(21-40-31)28-11-8-26(17-22(28)2)33(37)34-13-15-41(38)16-14-34/h5-12,17-18,21,25H,13-16,19-20H2,1-2H3,(H,35,36). The normalized spacial score (nSPS) is 14.3. The number of nitrogens with zero attached hydrogens (tertiary/aromatic N) is 1. The molecule has 0 bridgehead atoms. The van der Waals surface area contributed by atoms with Gasteiger partial charge in [-0.1, -0.05) is 30.2 Å². The quantitative estimate of drug-likeness (QED) is 0.248. The highest BCUT2D eigenvalue weighted by molar-refractivity contribution is 7.85. The number of ether oxygens (including phenoxy) is 1. The third kappa shape index (κ3) is 6.70. The van der Waals surface area contributed by atoms with Gasteiger partial charge in [-0.3, -0.25) is 13.8 Å². The summed E-state index contributed by atoms with van der Waals surface area (Å²) >= 11 is 1.69. The fourth-order valence-corrected chi connectivity index (χ4v) is 7.05. The summed E-state index contributed by atoms with van der Waals surface area (Å²) in [6, 6.07) is 19.7. The van der Waals surface area contributed by atoms with Gasteiger partial charge in [-0.2, -0.15) is 0 Å². The number of hydrogen-bond acceptors (Lipinski definition) is 5. The van der Waals surface area contributed by atoms with E-state index in [0.29, 0.717) is 42.5 Å². The highest BCUT2D eigenvalue weighted by Crippen LogP contribution is 2.37. The maximum Gasteiger partial charge on any atom is 0.304 e. The number of carbonyl (C=O) groups is 2. The van der Waals surface area contributed by atoms with E-state index in [4.69, 9.17) is 4.74 Å². The van der Waals surface area contributed by atoms with Crippen molar-refractivity contribution >= 4 is 44.1 Å². The lowest BCUT2D eigenvalue weighted by Gasteiger charge is -2.26. The van der Waals surface area contributed by atoms with Crippen molar-refractivity contribution < 1.29 is 23.6 Å². The average molecular weight is 586 g/mol. The summed E-state index contributed by atoms with van der Waals surface area (Å²) in [6.07, 6.45) is -0.0375. The molecule has 3 aromatic carbocycles. The number of benzene rings is 3. The van der Waals surface area contributed by atoms with Crippen molar-refractivity contribution in [1.29, 1.82) is 0 Å². The highest BCUT2D eigenvalue weighted by atomic mass is 32.2. The third-order valence-corrected chi connectivity index (χ3v) is 9.49. The van der Waals surface area contributed by atoms with Crippen LogP contribution in [0.15, 0.2) is 66.0 Å². The number of carboxylic acids is 1. The molecule has 1 amide bonds. The maximum atomic E-state index is 13.0. The fraction of sp³-hybridized carbons (Fsp3) is 0.273. The van der Waals surface area contributed by atoms with Crippen molar-refractivity contribution in [3.05, 3.63) is 88.3 Å². The van der Waals surface area contributed by atoms with Crippen molar-refractivity contribution in [1.82, 2.24) is 4.90 Å². The average Bonchev–Trinajstić information content (AvgIpc) is 3.39. The second kappa shape index (κ2) is 12.7. The lowest BCUT2D eigenvalue weighted by atomic mass is 9.96. The van der Waals surface area contributed by atoms with E-state index in [0.717, 1.165) is 33.2 Å². The van der Waals surface area contributed by atoms with Crippen LogP contribution >= 0.6 is 11.3 Å². The topological polar surface area (TPSA) is 83.9 Å². The number of thiophene rings is 1. The summed E-state index contributed by atoms with van der Waals surface area (Å²) in [6.45, 7) is 5.21. The Balaban J connectivity index is 1.30. The monoisotopic (exact) mass is 585 g/mol. The van der Waals surface area contributed by atoms with Gasteiger partial charge in [0.05, 0.1) is 12.3 Å². The largest absolute Gasteiger partial charge is 0.489 e. The zero-order valence-electron chi connectivity index (χ0n) is 23.0. The van der Waals surface area contributed by atoms with Crippen molar-refractivity contribution in [2.75, 3.05) is 24.6 Å². The van der Waals surface area contributed by atoms with Crippen LogP contribution in [0.5, 0.6) is 5.75 Å². The van der Waals surface area contributed by atoms with Crippen LogP contribution in [0.25, 0.3) is 21.2 Å². The van der Waals surface area contributed by atoms with Gasteiger partial charge in [-0.05, 0) is 77.9 Å². The molecular weight excluding hydrogens is 554 g/mol. The number of hydrogen-bond donors (Lipinski definition) is 1. The van der Waals surface area contributed by atoms with Gasteiger partial charge in [0.2, 0.25) is 0 Å². The molecule has 1 aliphatic rings. The summed E-state index contributed by atoms with van der Waals surface area (Å²) in [7, 11) is -0.820. The summed E-state index contributed by atoms with van der Waals surface area (Å²) in [4.78, 5) is 26.0. The highest BCUT2D eigenvalue weighted by Gasteiger charge is 2.22. The zero-order chi connectivity index (χ0) is 28.9. The molecule has 210 valence electrons.